The summed E-state index contributed by atoms with van der Waals surface area (Å²) in [7, 11) is 3.45. The number of aromatic nitrogens is 2. The van der Waals surface area contributed by atoms with Crippen LogP contribution in [0.5, 0.6) is 0 Å². The standard InChI is InChI=1S/C24H35N3O4.C13H20N2.C8H14N2O2.CH4/c1-3-31-23(29)17-27-16-15-21(24(27)30)26(2)22(28)12-6-4-5-10-19-14-13-18-9-7-8-11-20(18)25-19;14-10-4-3-6-12-9-8-11-5-1-2-7-13(11)15-12;1-6(11)5-10-4-3-7(9-2)8(10)12;/h13-14,21H,3-12,15-17H2,1-2H3;8-9H,1-7,10,14H2;7,9H,3-5H2,1-2H3;1H4. The molecule has 2 unspecified atom stereocenters. The average molecular weight is 820 g/mol. The number of hydrogen-bond donors (Lipinski definition) is 2. The first-order valence-electron chi connectivity index (χ1n) is 21.9. The van der Waals surface area contributed by atoms with Crippen molar-refractivity contribution in [2.45, 2.75) is 149 Å². The molecular formula is C46H73N7O6. The third-order valence-corrected chi connectivity index (χ3v) is 11.5. The Labute approximate surface area is 353 Å². The summed E-state index contributed by atoms with van der Waals surface area (Å²) in [5.74, 6) is -0.489. The number of esters is 1. The molecule has 4 heterocycles. The summed E-state index contributed by atoms with van der Waals surface area (Å²) in [6.45, 7) is 5.73. The lowest BCUT2D eigenvalue weighted by Crippen LogP contribution is -2.44. The van der Waals surface area contributed by atoms with Gasteiger partial charge in [-0.3, -0.25) is 33.9 Å². The largest absolute Gasteiger partial charge is 0.465 e. The van der Waals surface area contributed by atoms with Gasteiger partial charge in [-0.25, -0.2) is 0 Å². The van der Waals surface area contributed by atoms with Crippen molar-refractivity contribution in [2.24, 2.45) is 5.73 Å². The van der Waals surface area contributed by atoms with Crippen LogP contribution < -0.4 is 11.1 Å². The molecule has 2 aliphatic heterocycles. The van der Waals surface area contributed by atoms with Crippen LogP contribution in [-0.2, 0) is 67.2 Å². The molecule has 2 atom stereocenters. The number of nitrogens with zero attached hydrogens (tertiary/aromatic N) is 5. The van der Waals surface area contributed by atoms with E-state index in [0.29, 0.717) is 32.5 Å². The van der Waals surface area contributed by atoms with Gasteiger partial charge in [-0.15, -0.1) is 0 Å². The first-order chi connectivity index (χ1) is 28.0. The maximum atomic E-state index is 12.6. The van der Waals surface area contributed by atoms with Crippen molar-refractivity contribution in [1.29, 1.82) is 0 Å². The number of aryl methyl sites for hydroxylation is 6. The lowest BCUT2D eigenvalue weighted by molar-refractivity contribution is -0.149. The predicted octanol–water partition coefficient (Wildman–Crippen LogP) is 4.96. The summed E-state index contributed by atoms with van der Waals surface area (Å²) in [5, 5.41) is 2.91. The van der Waals surface area contributed by atoms with E-state index in [0.717, 1.165) is 70.0 Å². The van der Waals surface area contributed by atoms with E-state index in [-0.39, 0.29) is 50.1 Å². The predicted molar refractivity (Wildman–Crippen MR) is 232 cm³/mol. The second-order valence-electron chi connectivity index (χ2n) is 16.0. The Balaban J connectivity index is 0.000000274. The minimum absolute atomic E-state index is 0. The van der Waals surface area contributed by atoms with Crippen LogP contribution in [0.2, 0.25) is 0 Å². The van der Waals surface area contributed by atoms with Gasteiger partial charge < -0.3 is 30.5 Å². The second-order valence-corrected chi connectivity index (χ2v) is 16.0. The van der Waals surface area contributed by atoms with Gasteiger partial charge in [0.1, 0.15) is 18.4 Å². The maximum absolute atomic E-state index is 12.6. The van der Waals surface area contributed by atoms with Crippen molar-refractivity contribution in [3.05, 3.63) is 58.2 Å². The van der Waals surface area contributed by atoms with Crippen LogP contribution in [-0.4, -0.2) is 120 Å². The number of nitrogens with two attached hydrogens (primary N) is 1. The van der Waals surface area contributed by atoms with Gasteiger partial charge in [-0.1, -0.05) is 26.0 Å². The molecule has 2 aliphatic carbocycles. The van der Waals surface area contributed by atoms with E-state index >= 15 is 0 Å². The fourth-order valence-electron chi connectivity index (χ4n) is 8.13. The molecule has 0 radical (unpaired) electrons. The number of pyridine rings is 2. The van der Waals surface area contributed by atoms with E-state index in [4.69, 9.17) is 20.4 Å². The van der Waals surface area contributed by atoms with Crippen LogP contribution in [0.15, 0.2) is 24.3 Å². The fraction of sp³-hybridized carbons (Fsp3) is 0.674. The Bertz CT molecular complexity index is 1670. The Morgan fingerprint density at radius 2 is 1.36 bits per heavy atom. The van der Waals surface area contributed by atoms with Crippen molar-refractivity contribution in [3.8, 4) is 0 Å². The van der Waals surface area contributed by atoms with E-state index in [2.05, 4.69) is 29.6 Å². The molecule has 3 amide bonds. The molecule has 0 spiro atoms. The molecule has 13 nitrogen and oxygen atoms in total. The normalized spacial score (nSPS) is 18.1. The van der Waals surface area contributed by atoms with Crippen molar-refractivity contribution >= 4 is 29.5 Å². The summed E-state index contributed by atoms with van der Waals surface area (Å²) in [6, 6.07) is 8.31. The molecule has 0 bridgehead atoms. The van der Waals surface area contributed by atoms with Gasteiger partial charge in [-0.2, -0.15) is 0 Å². The smallest absolute Gasteiger partial charge is 0.325 e. The third kappa shape index (κ3) is 15.7. The number of ether oxygens (including phenoxy) is 1. The molecule has 6 rings (SSSR count). The van der Waals surface area contributed by atoms with Crippen LogP contribution >= 0.6 is 0 Å². The van der Waals surface area contributed by atoms with Crippen molar-refractivity contribution in [2.75, 3.05) is 53.4 Å². The third-order valence-electron chi connectivity index (χ3n) is 11.5. The summed E-state index contributed by atoms with van der Waals surface area (Å²) in [6.07, 6.45) is 18.7. The van der Waals surface area contributed by atoms with Crippen LogP contribution in [0.4, 0.5) is 0 Å². The van der Waals surface area contributed by atoms with Crippen molar-refractivity contribution < 1.29 is 28.7 Å². The number of hydrogen-bond acceptors (Lipinski definition) is 10. The number of rotatable bonds is 17. The van der Waals surface area contributed by atoms with Crippen LogP contribution in [0, 0.1) is 0 Å². The Morgan fingerprint density at radius 3 is 1.90 bits per heavy atom. The summed E-state index contributed by atoms with van der Waals surface area (Å²) >= 11 is 0. The Hall–Kier alpha value is -4.23. The number of likely N-dealkylation sites (tertiary alicyclic amines) is 2. The van der Waals surface area contributed by atoms with Crippen LogP contribution in [0.3, 0.4) is 0 Å². The lowest BCUT2D eigenvalue weighted by atomic mass is 9.95. The van der Waals surface area contributed by atoms with Gasteiger partial charge in [0.2, 0.25) is 17.7 Å². The van der Waals surface area contributed by atoms with E-state index in [1.54, 1.807) is 30.8 Å². The SMILES string of the molecule is C.CCOC(=O)CN1CCC(N(C)C(=O)CCCCCc2ccc3c(n2)CCCC3)C1=O.CNC1CCN(CC(C)=O)C1=O.NCCCCc1ccc2c(n1)CCCC2. The molecule has 2 aromatic heterocycles. The Morgan fingerprint density at radius 1 is 0.797 bits per heavy atom. The minimum Gasteiger partial charge on any atom is -0.465 e. The first-order valence-corrected chi connectivity index (χ1v) is 21.9. The average Bonchev–Trinajstić information content (AvgIpc) is 3.77. The summed E-state index contributed by atoms with van der Waals surface area (Å²) in [5.41, 5.74) is 13.4. The molecule has 2 fully saturated rings. The number of ketones is 1. The highest BCUT2D eigenvalue weighted by Gasteiger charge is 2.37. The van der Waals surface area contributed by atoms with Crippen LogP contribution in [0.1, 0.15) is 132 Å². The lowest BCUT2D eigenvalue weighted by Gasteiger charge is -2.24. The summed E-state index contributed by atoms with van der Waals surface area (Å²) in [4.78, 5) is 73.0. The number of amides is 3. The zero-order valence-corrected chi connectivity index (χ0v) is 35.7. The first kappa shape index (κ1) is 49.1. The molecule has 0 aromatic carbocycles. The molecule has 2 saturated heterocycles. The number of unbranched alkanes of at least 4 members (excludes halogenated alkanes) is 3. The van der Waals surface area contributed by atoms with E-state index in [9.17, 15) is 24.0 Å². The molecule has 0 saturated carbocycles. The topological polar surface area (TPSA) is 168 Å². The van der Waals surface area contributed by atoms with E-state index in [1.165, 1.54) is 85.0 Å². The quantitative estimate of drug-likeness (QED) is 0.165. The Kier molecular flexibility index (Phi) is 21.7. The van der Waals surface area contributed by atoms with Gasteiger partial charge in [-0.05, 0) is 153 Å². The van der Waals surface area contributed by atoms with E-state index < -0.39 is 12.0 Å². The molecule has 59 heavy (non-hydrogen) atoms. The van der Waals surface area contributed by atoms with Gasteiger partial charge in [0, 0.05) is 49.3 Å². The number of carbonyl (C=O) groups excluding carboxylic acids is 5. The highest BCUT2D eigenvalue weighted by atomic mass is 16.5. The zero-order chi connectivity index (χ0) is 41.9. The zero-order valence-electron chi connectivity index (χ0n) is 35.7. The molecule has 2 aromatic rings. The molecule has 3 N–H and O–H groups in total. The summed E-state index contributed by atoms with van der Waals surface area (Å²) < 4.78 is 4.91. The van der Waals surface area contributed by atoms with Gasteiger partial charge >= 0.3 is 5.97 Å². The molecule has 4 aliphatic rings. The minimum atomic E-state index is -0.471. The molecular weight excluding hydrogens is 747 g/mol. The molecule has 13 heteroatoms. The number of likely N-dealkylation sites (N-methyl/N-ethyl adjacent to an activating group) is 2. The highest BCUT2D eigenvalue weighted by molar-refractivity contribution is 5.91. The van der Waals surface area contributed by atoms with Gasteiger partial charge in [0.15, 0.2) is 0 Å². The maximum Gasteiger partial charge on any atom is 0.325 e. The monoisotopic (exact) mass is 820 g/mol. The number of Topliss-reactive ketones (excluding diaryl/α,β-unsaturated/α-hetero) is 1. The van der Waals surface area contributed by atoms with E-state index in [1.807, 2.05) is 0 Å². The molecule has 328 valence electrons. The highest BCUT2D eigenvalue weighted by Crippen LogP contribution is 2.22. The fourth-order valence-corrected chi connectivity index (χ4v) is 8.13. The van der Waals surface area contributed by atoms with Crippen molar-refractivity contribution in [3.63, 3.8) is 0 Å². The second kappa shape index (κ2) is 26.1. The van der Waals surface area contributed by atoms with Gasteiger partial charge in [0.05, 0.1) is 19.2 Å². The number of fused-ring (bicyclic) bond motifs is 2. The van der Waals surface area contributed by atoms with Crippen molar-refractivity contribution in [1.82, 2.24) is 30.0 Å². The van der Waals surface area contributed by atoms with Crippen LogP contribution in [0.25, 0.3) is 0 Å². The number of nitrogens with one attached hydrogen (secondary N) is 1. The van der Waals surface area contributed by atoms with Gasteiger partial charge in [0.25, 0.3) is 0 Å². The number of carbonyl (C=O) groups is 5.